The molecule has 7 nitrogen and oxygen atoms in total. The molecule has 0 aromatic rings. The molecule has 0 rings (SSSR count). The summed E-state index contributed by atoms with van der Waals surface area (Å²) in [7, 11) is 2.16. The molecule has 0 aromatic carbocycles. The molecule has 0 radical (unpaired) electrons. The highest BCUT2D eigenvalue weighted by molar-refractivity contribution is 6.07. The zero-order valence-corrected chi connectivity index (χ0v) is 10.9. The van der Waals surface area contributed by atoms with Crippen molar-refractivity contribution in [2.75, 3.05) is 14.2 Å². The summed E-state index contributed by atoms with van der Waals surface area (Å²) in [5.41, 5.74) is -1.97. The van der Waals surface area contributed by atoms with Crippen LogP contribution in [-0.2, 0) is 28.7 Å². The highest BCUT2D eigenvalue weighted by Gasteiger charge is 2.49. The first kappa shape index (κ1) is 16.1. The summed E-state index contributed by atoms with van der Waals surface area (Å²) in [6.45, 7) is 2.46. The van der Waals surface area contributed by atoms with E-state index in [-0.39, 0.29) is 18.6 Å². The summed E-state index contributed by atoms with van der Waals surface area (Å²) < 4.78 is 9.01. The third-order valence-electron chi connectivity index (χ3n) is 2.31. The minimum Gasteiger partial charge on any atom is -0.467 e. The molecule has 0 atom stereocenters. The van der Waals surface area contributed by atoms with Gasteiger partial charge in [-0.15, -0.1) is 0 Å². The van der Waals surface area contributed by atoms with Crippen molar-refractivity contribution in [1.29, 1.82) is 0 Å². The Morgan fingerprint density at radius 2 is 1.44 bits per heavy atom. The van der Waals surface area contributed by atoms with Crippen molar-refractivity contribution in [2.24, 2.45) is 0 Å². The van der Waals surface area contributed by atoms with E-state index >= 15 is 0 Å². The first-order valence-corrected chi connectivity index (χ1v) is 5.25. The Hall–Kier alpha value is -1.92. The van der Waals surface area contributed by atoms with E-state index in [1.165, 1.54) is 6.92 Å². The van der Waals surface area contributed by atoms with Crippen LogP contribution >= 0.6 is 0 Å². The molecule has 1 amide bonds. The van der Waals surface area contributed by atoms with Crippen LogP contribution in [-0.4, -0.2) is 43.4 Å². The average molecular weight is 259 g/mol. The predicted molar refractivity (Wildman–Crippen MR) is 60.5 cm³/mol. The number of esters is 2. The minimum atomic E-state index is -1.97. The number of rotatable bonds is 6. The molecule has 18 heavy (non-hydrogen) atoms. The lowest BCUT2D eigenvalue weighted by Gasteiger charge is -2.28. The lowest BCUT2D eigenvalue weighted by Crippen LogP contribution is -2.60. The molecule has 0 saturated heterocycles. The fraction of sp³-hybridized carbons (Fsp3) is 0.636. The number of amides is 1. The van der Waals surface area contributed by atoms with Crippen LogP contribution in [0.5, 0.6) is 0 Å². The van der Waals surface area contributed by atoms with E-state index in [4.69, 9.17) is 0 Å². The normalized spacial score (nSPS) is 10.4. The zero-order valence-electron chi connectivity index (χ0n) is 10.9. The van der Waals surface area contributed by atoms with Crippen molar-refractivity contribution in [3.63, 3.8) is 0 Å². The number of methoxy groups -OCH3 is 2. The summed E-state index contributed by atoms with van der Waals surface area (Å²) in [6, 6.07) is 0. The van der Waals surface area contributed by atoms with Gasteiger partial charge in [0.15, 0.2) is 0 Å². The predicted octanol–water partition coefficient (Wildman–Crippen LogP) is -0.423. The number of ketones is 1. The summed E-state index contributed by atoms with van der Waals surface area (Å²) in [4.78, 5) is 45.6. The summed E-state index contributed by atoms with van der Waals surface area (Å²) in [5.74, 6) is -2.76. The van der Waals surface area contributed by atoms with Crippen LogP contribution in [0.15, 0.2) is 0 Å². The van der Waals surface area contributed by atoms with Gasteiger partial charge in [-0.25, -0.2) is 9.59 Å². The van der Waals surface area contributed by atoms with Gasteiger partial charge in [0, 0.05) is 13.3 Å². The van der Waals surface area contributed by atoms with Gasteiger partial charge in [-0.05, 0) is 13.3 Å². The van der Waals surface area contributed by atoms with E-state index in [0.717, 1.165) is 21.1 Å². The quantitative estimate of drug-likeness (QED) is 0.513. The number of carbonyl (C=O) groups excluding carboxylic acids is 4. The maximum Gasteiger partial charge on any atom is 0.343 e. The van der Waals surface area contributed by atoms with Crippen molar-refractivity contribution >= 4 is 23.6 Å². The van der Waals surface area contributed by atoms with Gasteiger partial charge in [0.25, 0.3) is 0 Å². The maximum atomic E-state index is 11.7. The van der Waals surface area contributed by atoms with Crippen molar-refractivity contribution in [3.05, 3.63) is 0 Å². The van der Waals surface area contributed by atoms with Crippen molar-refractivity contribution in [3.8, 4) is 0 Å². The van der Waals surface area contributed by atoms with Crippen LogP contribution in [0.4, 0.5) is 0 Å². The third-order valence-corrected chi connectivity index (χ3v) is 2.31. The second kappa shape index (κ2) is 6.73. The molecule has 0 aromatic heterocycles. The van der Waals surface area contributed by atoms with Crippen LogP contribution in [0.1, 0.15) is 26.7 Å². The van der Waals surface area contributed by atoms with Gasteiger partial charge in [-0.2, -0.15) is 0 Å². The van der Waals surface area contributed by atoms with Crippen LogP contribution in [0.3, 0.4) is 0 Å². The number of hydrogen-bond acceptors (Lipinski definition) is 6. The molecule has 0 fully saturated rings. The summed E-state index contributed by atoms with van der Waals surface area (Å²) in [5, 5.41) is 2.21. The third kappa shape index (κ3) is 3.83. The van der Waals surface area contributed by atoms with E-state index in [0.29, 0.717) is 0 Å². The smallest absolute Gasteiger partial charge is 0.343 e. The second-order valence-corrected chi connectivity index (χ2v) is 3.77. The van der Waals surface area contributed by atoms with E-state index in [2.05, 4.69) is 14.8 Å². The first-order valence-electron chi connectivity index (χ1n) is 5.25. The Labute approximate surface area is 105 Å². The van der Waals surface area contributed by atoms with Crippen molar-refractivity contribution in [1.82, 2.24) is 5.32 Å². The largest absolute Gasteiger partial charge is 0.467 e. The summed E-state index contributed by atoms with van der Waals surface area (Å²) >= 11 is 0. The van der Waals surface area contributed by atoms with Gasteiger partial charge >= 0.3 is 11.9 Å². The Morgan fingerprint density at radius 1 is 1.00 bits per heavy atom. The monoisotopic (exact) mass is 259 g/mol. The standard InChI is InChI=1S/C11H17NO6/c1-7(13)5-6-11(9(15)17-3,10(16)18-4)12-8(2)14/h5-6H2,1-4H3,(H,12,14). The molecule has 102 valence electrons. The number of ether oxygens (including phenoxy) is 2. The molecule has 1 N–H and O–H groups in total. The van der Waals surface area contributed by atoms with Crippen molar-refractivity contribution in [2.45, 2.75) is 32.2 Å². The van der Waals surface area contributed by atoms with Gasteiger partial charge in [-0.3, -0.25) is 4.79 Å². The molecular weight excluding hydrogens is 242 g/mol. The van der Waals surface area contributed by atoms with Gasteiger partial charge in [0.05, 0.1) is 14.2 Å². The zero-order chi connectivity index (χ0) is 14.3. The van der Waals surface area contributed by atoms with Gasteiger partial charge in [0.1, 0.15) is 5.78 Å². The van der Waals surface area contributed by atoms with E-state index < -0.39 is 23.4 Å². The van der Waals surface area contributed by atoms with E-state index in [1.807, 2.05) is 0 Å². The Morgan fingerprint density at radius 3 is 1.72 bits per heavy atom. The van der Waals surface area contributed by atoms with Crippen LogP contribution in [0.25, 0.3) is 0 Å². The number of hydrogen-bond donors (Lipinski definition) is 1. The highest BCUT2D eigenvalue weighted by atomic mass is 16.5. The van der Waals surface area contributed by atoms with Crippen molar-refractivity contribution < 1.29 is 28.7 Å². The van der Waals surface area contributed by atoms with Crippen LogP contribution < -0.4 is 5.32 Å². The first-order chi connectivity index (χ1) is 8.30. The fourth-order valence-electron chi connectivity index (χ4n) is 1.46. The molecule has 0 heterocycles. The van der Waals surface area contributed by atoms with E-state index in [1.54, 1.807) is 0 Å². The van der Waals surface area contributed by atoms with Crippen LogP contribution in [0, 0.1) is 0 Å². The minimum absolute atomic E-state index is 0.0650. The van der Waals surface area contributed by atoms with Gasteiger partial charge < -0.3 is 19.6 Å². The molecule has 0 aliphatic carbocycles. The lowest BCUT2D eigenvalue weighted by molar-refractivity contribution is -0.165. The Bertz CT molecular complexity index is 347. The topological polar surface area (TPSA) is 98.8 Å². The molecule has 0 saturated carbocycles. The molecular formula is C11H17NO6. The lowest BCUT2D eigenvalue weighted by atomic mass is 9.92. The van der Waals surface area contributed by atoms with Crippen LogP contribution in [0.2, 0.25) is 0 Å². The molecule has 0 aliphatic heterocycles. The number of Topliss-reactive ketones (excluding diaryl/α,β-unsaturated/α-hetero) is 1. The van der Waals surface area contributed by atoms with Gasteiger partial charge in [-0.1, -0.05) is 0 Å². The molecule has 0 aliphatic rings. The second-order valence-electron chi connectivity index (χ2n) is 3.77. The fourth-order valence-corrected chi connectivity index (χ4v) is 1.46. The Kier molecular flexibility index (Phi) is 6.01. The molecule has 0 spiro atoms. The average Bonchev–Trinajstić information content (AvgIpc) is 2.31. The molecule has 7 heteroatoms. The molecule has 0 unspecified atom stereocenters. The number of nitrogens with one attached hydrogen (secondary N) is 1. The Balaban J connectivity index is 5.38. The molecule has 0 bridgehead atoms. The SMILES string of the molecule is COC(=O)C(CCC(C)=O)(NC(C)=O)C(=O)OC. The highest BCUT2D eigenvalue weighted by Crippen LogP contribution is 2.18. The maximum absolute atomic E-state index is 11.7. The van der Waals surface area contributed by atoms with Gasteiger partial charge in [0.2, 0.25) is 11.4 Å². The summed E-state index contributed by atoms with van der Waals surface area (Å²) in [6.07, 6.45) is -0.272. The number of carbonyl (C=O) groups is 4. The van der Waals surface area contributed by atoms with E-state index in [9.17, 15) is 19.2 Å².